The van der Waals surface area contributed by atoms with Gasteiger partial charge in [0.25, 0.3) is 10.1 Å². The molecule has 1 amide bonds. The zero-order valence-corrected chi connectivity index (χ0v) is 12.7. The summed E-state index contributed by atoms with van der Waals surface area (Å²) in [5.41, 5.74) is 5.75. The highest BCUT2D eigenvalue weighted by Crippen LogP contribution is 2.19. The van der Waals surface area contributed by atoms with Crippen LogP contribution < -0.4 is 5.73 Å². The largest absolute Gasteiger partial charge is 0.475 e. The van der Waals surface area contributed by atoms with Crippen LogP contribution >= 0.6 is 0 Å². The Morgan fingerprint density at radius 3 is 2.20 bits per heavy atom. The number of amides is 1. The monoisotopic (exact) mass is 310 g/mol. The Morgan fingerprint density at radius 1 is 1.40 bits per heavy atom. The molecule has 0 aromatic heterocycles. The summed E-state index contributed by atoms with van der Waals surface area (Å²) in [6.45, 7) is 4.33. The van der Waals surface area contributed by atoms with Gasteiger partial charge in [0.1, 0.15) is 0 Å². The SMILES string of the molecule is CC(C)[C@@H](N)C(=O)N1CCC[C@H]1B(O)O.CS(=O)(=O)O. The summed E-state index contributed by atoms with van der Waals surface area (Å²) in [7, 11) is -5.13. The smallest absolute Gasteiger partial charge is 0.426 e. The highest BCUT2D eigenvalue weighted by Gasteiger charge is 2.38. The molecule has 1 rings (SSSR count). The summed E-state index contributed by atoms with van der Waals surface area (Å²) in [4.78, 5) is 13.4. The van der Waals surface area contributed by atoms with Gasteiger partial charge in [0.2, 0.25) is 5.91 Å². The predicted octanol–water partition coefficient (Wildman–Crippen LogP) is -1.52. The second kappa shape index (κ2) is 7.94. The number of carbonyl (C=O) groups excluding carboxylic acids is 1. The molecule has 10 heteroatoms. The van der Waals surface area contributed by atoms with E-state index in [4.69, 9.17) is 20.3 Å². The minimum atomic E-state index is -3.67. The molecular weight excluding hydrogens is 287 g/mol. The third-order valence-corrected chi connectivity index (χ3v) is 2.93. The highest BCUT2D eigenvalue weighted by atomic mass is 32.2. The van der Waals surface area contributed by atoms with Gasteiger partial charge in [-0.05, 0) is 18.8 Å². The molecule has 0 aromatic carbocycles. The lowest BCUT2D eigenvalue weighted by Crippen LogP contribution is -2.52. The number of hydrogen-bond donors (Lipinski definition) is 4. The van der Waals surface area contributed by atoms with Crippen molar-refractivity contribution in [2.24, 2.45) is 11.7 Å². The molecular formula is C10H23BN2O6S. The molecule has 0 unspecified atom stereocenters. The van der Waals surface area contributed by atoms with Crippen LogP contribution in [-0.2, 0) is 14.9 Å². The molecule has 118 valence electrons. The normalized spacial score (nSPS) is 20.4. The highest BCUT2D eigenvalue weighted by molar-refractivity contribution is 7.85. The van der Waals surface area contributed by atoms with Crippen molar-refractivity contribution in [1.29, 1.82) is 0 Å². The maximum absolute atomic E-state index is 11.9. The van der Waals surface area contributed by atoms with Crippen LogP contribution in [0.2, 0.25) is 0 Å². The average molecular weight is 310 g/mol. The van der Waals surface area contributed by atoms with Crippen LogP contribution in [0, 0.1) is 5.92 Å². The van der Waals surface area contributed by atoms with Crippen LogP contribution in [0.4, 0.5) is 0 Å². The molecule has 1 saturated heterocycles. The number of carbonyl (C=O) groups is 1. The Bertz CT molecular complexity index is 406. The van der Waals surface area contributed by atoms with Crippen LogP contribution in [0.15, 0.2) is 0 Å². The minimum absolute atomic E-state index is 0.0644. The first kappa shape index (κ1) is 19.3. The Kier molecular flexibility index (Phi) is 7.67. The average Bonchev–Trinajstić information content (AvgIpc) is 2.73. The molecule has 1 fully saturated rings. The van der Waals surface area contributed by atoms with E-state index in [0.29, 0.717) is 19.2 Å². The van der Waals surface area contributed by atoms with E-state index in [1.54, 1.807) is 0 Å². The lowest BCUT2D eigenvalue weighted by Gasteiger charge is -2.28. The van der Waals surface area contributed by atoms with Gasteiger partial charge in [-0.15, -0.1) is 0 Å². The van der Waals surface area contributed by atoms with Crippen LogP contribution in [0.1, 0.15) is 26.7 Å². The maximum atomic E-state index is 11.9. The molecule has 8 nitrogen and oxygen atoms in total. The van der Waals surface area contributed by atoms with Crippen molar-refractivity contribution in [3.05, 3.63) is 0 Å². The molecule has 2 atom stereocenters. The van der Waals surface area contributed by atoms with Crippen molar-refractivity contribution in [2.75, 3.05) is 12.8 Å². The lowest BCUT2D eigenvalue weighted by atomic mass is 9.77. The molecule has 1 heterocycles. The number of nitrogens with zero attached hydrogens (tertiary/aromatic N) is 1. The standard InChI is InChI=1S/C9H19BN2O3.CH4O3S/c1-6(2)8(11)9(13)12-5-3-4-7(12)10(14)15;1-5(2,3)4/h6-8,14-15H,3-5,11H2,1-2H3;1H3,(H,2,3,4)/t7-,8+;/m0./s1. The van der Waals surface area contributed by atoms with Crippen molar-refractivity contribution < 1.29 is 27.8 Å². The summed E-state index contributed by atoms with van der Waals surface area (Å²) in [6.07, 6.45) is 2.15. The summed E-state index contributed by atoms with van der Waals surface area (Å²) < 4.78 is 25.9. The zero-order chi connectivity index (χ0) is 16.1. The molecule has 1 aliphatic rings. The van der Waals surface area contributed by atoms with Gasteiger partial charge in [-0.2, -0.15) is 8.42 Å². The van der Waals surface area contributed by atoms with E-state index < -0.39 is 29.2 Å². The molecule has 20 heavy (non-hydrogen) atoms. The van der Waals surface area contributed by atoms with Crippen LogP contribution in [-0.4, -0.2) is 65.7 Å². The fraction of sp³-hybridized carbons (Fsp3) is 0.900. The predicted molar refractivity (Wildman–Crippen MR) is 75.2 cm³/mol. The van der Waals surface area contributed by atoms with Crippen molar-refractivity contribution in [2.45, 2.75) is 38.7 Å². The van der Waals surface area contributed by atoms with Gasteiger partial charge in [-0.3, -0.25) is 9.35 Å². The molecule has 0 aromatic rings. The van der Waals surface area contributed by atoms with E-state index in [-0.39, 0.29) is 11.8 Å². The topological polar surface area (TPSA) is 141 Å². The Hall–Kier alpha value is -0.675. The summed E-state index contributed by atoms with van der Waals surface area (Å²) in [6, 6.07) is -0.552. The molecule has 0 bridgehead atoms. The number of nitrogens with two attached hydrogens (primary N) is 1. The van der Waals surface area contributed by atoms with E-state index in [2.05, 4.69) is 0 Å². The Labute approximate surface area is 119 Å². The van der Waals surface area contributed by atoms with Crippen LogP contribution in [0.25, 0.3) is 0 Å². The van der Waals surface area contributed by atoms with E-state index in [9.17, 15) is 13.2 Å². The zero-order valence-electron chi connectivity index (χ0n) is 11.9. The van der Waals surface area contributed by atoms with Crippen molar-refractivity contribution >= 4 is 23.1 Å². The van der Waals surface area contributed by atoms with Crippen molar-refractivity contribution in [3.63, 3.8) is 0 Å². The van der Waals surface area contributed by atoms with E-state index in [1.807, 2.05) is 13.8 Å². The Balaban J connectivity index is 0.000000621. The second-order valence-corrected chi connectivity index (χ2v) is 6.62. The molecule has 0 radical (unpaired) electrons. The first-order valence-electron chi connectivity index (χ1n) is 6.29. The van der Waals surface area contributed by atoms with Gasteiger partial charge in [0.05, 0.1) is 18.2 Å². The third kappa shape index (κ3) is 7.20. The molecule has 5 N–H and O–H groups in total. The minimum Gasteiger partial charge on any atom is -0.426 e. The summed E-state index contributed by atoms with van der Waals surface area (Å²) >= 11 is 0. The number of hydrogen-bond acceptors (Lipinski definition) is 6. The van der Waals surface area contributed by atoms with Gasteiger partial charge in [-0.1, -0.05) is 13.8 Å². The van der Waals surface area contributed by atoms with Crippen LogP contribution in [0.5, 0.6) is 0 Å². The van der Waals surface area contributed by atoms with E-state index in [1.165, 1.54) is 4.90 Å². The fourth-order valence-electron chi connectivity index (χ4n) is 1.85. The molecule has 1 aliphatic heterocycles. The fourth-order valence-corrected chi connectivity index (χ4v) is 1.85. The third-order valence-electron chi connectivity index (χ3n) is 2.93. The van der Waals surface area contributed by atoms with E-state index >= 15 is 0 Å². The van der Waals surface area contributed by atoms with E-state index in [0.717, 1.165) is 6.42 Å². The molecule has 0 saturated carbocycles. The quantitative estimate of drug-likeness (QED) is 0.366. The maximum Gasteiger partial charge on any atom is 0.475 e. The number of likely N-dealkylation sites (tertiary alicyclic amines) is 1. The van der Waals surface area contributed by atoms with Gasteiger partial charge >= 0.3 is 7.12 Å². The first-order valence-corrected chi connectivity index (χ1v) is 8.14. The molecule has 0 spiro atoms. The summed E-state index contributed by atoms with van der Waals surface area (Å²) in [5, 5.41) is 18.2. The van der Waals surface area contributed by atoms with Gasteiger partial charge < -0.3 is 20.7 Å². The lowest BCUT2D eigenvalue weighted by molar-refractivity contribution is -0.133. The van der Waals surface area contributed by atoms with Crippen LogP contribution in [0.3, 0.4) is 0 Å². The number of rotatable bonds is 3. The first-order chi connectivity index (χ1) is 8.95. The van der Waals surface area contributed by atoms with Gasteiger partial charge in [-0.25, -0.2) is 0 Å². The summed E-state index contributed by atoms with van der Waals surface area (Å²) in [5.74, 6) is -0.600. The molecule has 0 aliphatic carbocycles. The van der Waals surface area contributed by atoms with Gasteiger partial charge in [0, 0.05) is 6.54 Å². The second-order valence-electron chi connectivity index (χ2n) is 5.16. The van der Waals surface area contributed by atoms with Crippen molar-refractivity contribution in [1.82, 2.24) is 4.90 Å². The van der Waals surface area contributed by atoms with Gasteiger partial charge in [0.15, 0.2) is 0 Å². The Morgan fingerprint density at radius 2 is 1.85 bits per heavy atom. The van der Waals surface area contributed by atoms with Crippen molar-refractivity contribution in [3.8, 4) is 0 Å².